The maximum absolute atomic E-state index is 12.5. The zero-order valence-electron chi connectivity index (χ0n) is 12.9. The first-order valence-corrected chi connectivity index (χ1v) is 9.39. The number of sulfonamides is 1. The normalized spacial score (nSPS) is 12.0. The van der Waals surface area contributed by atoms with Gasteiger partial charge in [-0.05, 0) is 46.0 Å². The molecule has 0 amide bonds. The fourth-order valence-electron chi connectivity index (χ4n) is 2.40. The minimum Gasteiger partial charge on any atom is -0.497 e. The van der Waals surface area contributed by atoms with Crippen LogP contribution in [0.4, 0.5) is 0 Å². The van der Waals surface area contributed by atoms with Crippen LogP contribution in [0.5, 0.6) is 5.75 Å². The number of nitrogens with zero attached hydrogens (tertiary/aromatic N) is 1. The van der Waals surface area contributed by atoms with E-state index in [1.807, 2.05) is 36.4 Å². The number of benzene rings is 2. The second kappa shape index (κ2) is 6.31. The van der Waals surface area contributed by atoms with E-state index < -0.39 is 10.0 Å². The third-order valence-electron chi connectivity index (χ3n) is 3.68. The van der Waals surface area contributed by atoms with Gasteiger partial charge in [0.1, 0.15) is 9.96 Å². The number of ether oxygens (including phenoxy) is 1. The smallest absolute Gasteiger partial charge is 0.252 e. The van der Waals surface area contributed by atoms with Crippen molar-refractivity contribution in [2.24, 2.45) is 0 Å². The van der Waals surface area contributed by atoms with Gasteiger partial charge in [-0.15, -0.1) is 11.3 Å². The number of methoxy groups -OCH3 is 1. The van der Waals surface area contributed by atoms with Crippen molar-refractivity contribution in [3.05, 3.63) is 59.5 Å². The van der Waals surface area contributed by atoms with Gasteiger partial charge in [0.25, 0.3) is 10.0 Å². The average Bonchev–Trinajstić information content (AvgIpc) is 3.09. The van der Waals surface area contributed by atoms with Crippen molar-refractivity contribution in [2.45, 2.75) is 10.8 Å². The Morgan fingerprint density at radius 1 is 1.09 bits per heavy atom. The van der Waals surface area contributed by atoms with Crippen LogP contribution in [0.15, 0.2) is 58.1 Å². The van der Waals surface area contributed by atoms with E-state index in [9.17, 15) is 8.42 Å². The molecule has 0 aliphatic heterocycles. The standard InChI is InChI=1S/C17H17NO3S2/c1-18(23(19,20)17-4-3-9-22-17)12-13-5-6-15-11-16(21-2)8-7-14(15)10-13/h3-11H,12H2,1-2H3. The molecular weight excluding hydrogens is 330 g/mol. The van der Waals surface area contributed by atoms with Crippen molar-refractivity contribution in [1.29, 1.82) is 0 Å². The molecule has 0 aliphatic carbocycles. The lowest BCUT2D eigenvalue weighted by atomic mass is 10.1. The molecule has 3 aromatic rings. The van der Waals surface area contributed by atoms with Crippen LogP contribution < -0.4 is 4.74 Å². The topological polar surface area (TPSA) is 46.6 Å². The first kappa shape index (κ1) is 16.0. The molecule has 0 bridgehead atoms. The fraction of sp³-hybridized carbons (Fsp3) is 0.176. The number of thiophene rings is 1. The lowest BCUT2D eigenvalue weighted by Gasteiger charge is -2.16. The summed E-state index contributed by atoms with van der Waals surface area (Å²) in [6, 6.07) is 15.2. The highest BCUT2D eigenvalue weighted by Crippen LogP contribution is 2.24. The molecule has 0 radical (unpaired) electrons. The summed E-state index contributed by atoms with van der Waals surface area (Å²) in [7, 11) is -0.183. The van der Waals surface area contributed by atoms with E-state index in [0.29, 0.717) is 10.8 Å². The largest absolute Gasteiger partial charge is 0.497 e. The molecule has 0 unspecified atom stereocenters. The molecule has 0 spiro atoms. The molecule has 4 nitrogen and oxygen atoms in total. The van der Waals surface area contributed by atoms with Crippen LogP contribution >= 0.6 is 11.3 Å². The first-order valence-electron chi connectivity index (χ1n) is 7.07. The zero-order valence-corrected chi connectivity index (χ0v) is 14.5. The Balaban J connectivity index is 1.86. The molecule has 0 atom stereocenters. The Morgan fingerprint density at radius 3 is 2.52 bits per heavy atom. The van der Waals surface area contributed by atoms with Gasteiger partial charge in [0.2, 0.25) is 0 Å². The van der Waals surface area contributed by atoms with Gasteiger partial charge in [0.15, 0.2) is 0 Å². The molecule has 0 aliphatic rings. The van der Waals surface area contributed by atoms with E-state index in [1.54, 1.807) is 31.7 Å². The van der Waals surface area contributed by atoms with Gasteiger partial charge >= 0.3 is 0 Å². The molecule has 0 saturated carbocycles. The van der Waals surface area contributed by atoms with Crippen LogP contribution in [0.3, 0.4) is 0 Å². The highest BCUT2D eigenvalue weighted by molar-refractivity contribution is 7.91. The number of hydrogen-bond donors (Lipinski definition) is 0. The SMILES string of the molecule is COc1ccc2cc(CN(C)S(=O)(=O)c3cccs3)ccc2c1. The van der Waals surface area contributed by atoms with E-state index in [1.165, 1.54) is 15.6 Å². The molecule has 120 valence electrons. The van der Waals surface area contributed by atoms with Crippen molar-refractivity contribution in [1.82, 2.24) is 4.31 Å². The summed E-state index contributed by atoms with van der Waals surface area (Å²) in [5.41, 5.74) is 0.949. The third kappa shape index (κ3) is 3.24. The molecule has 0 saturated heterocycles. The molecule has 3 rings (SSSR count). The van der Waals surface area contributed by atoms with Gasteiger partial charge in [-0.1, -0.05) is 24.3 Å². The summed E-state index contributed by atoms with van der Waals surface area (Å²) in [6.45, 7) is 0.336. The van der Waals surface area contributed by atoms with Gasteiger partial charge in [-0.3, -0.25) is 0 Å². The van der Waals surface area contributed by atoms with Crippen molar-refractivity contribution in [3.63, 3.8) is 0 Å². The lowest BCUT2D eigenvalue weighted by Crippen LogP contribution is -2.25. The average molecular weight is 347 g/mol. The van der Waals surface area contributed by atoms with E-state index in [0.717, 1.165) is 22.1 Å². The van der Waals surface area contributed by atoms with Crippen LogP contribution in [0.1, 0.15) is 5.56 Å². The Kier molecular flexibility index (Phi) is 4.39. The Labute approximate surface area is 140 Å². The molecular formula is C17H17NO3S2. The second-order valence-electron chi connectivity index (χ2n) is 5.24. The van der Waals surface area contributed by atoms with E-state index in [2.05, 4.69) is 0 Å². The molecule has 1 heterocycles. The summed E-state index contributed by atoms with van der Waals surface area (Å²) < 4.78 is 31.9. The third-order valence-corrected chi connectivity index (χ3v) is 6.85. The molecule has 6 heteroatoms. The van der Waals surface area contributed by atoms with Crippen LogP contribution in [0.2, 0.25) is 0 Å². The van der Waals surface area contributed by atoms with Gasteiger partial charge in [0, 0.05) is 13.6 Å². The quantitative estimate of drug-likeness (QED) is 0.706. The highest BCUT2D eigenvalue weighted by Gasteiger charge is 2.21. The van der Waals surface area contributed by atoms with Gasteiger partial charge in [0.05, 0.1) is 7.11 Å². The van der Waals surface area contributed by atoms with Gasteiger partial charge in [-0.2, -0.15) is 4.31 Å². The summed E-state index contributed by atoms with van der Waals surface area (Å²) in [4.78, 5) is 0. The first-order chi connectivity index (χ1) is 11.0. The fourth-order valence-corrected chi connectivity index (χ4v) is 4.76. The number of rotatable bonds is 5. The Morgan fingerprint density at radius 2 is 1.83 bits per heavy atom. The van der Waals surface area contributed by atoms with Crippen molar-refractivity contribution in [2.75, 3.05) is 14.2 Å². The van der Waals surface area contributed by atoms with Crippen LogP contribution in [-0.2, 0) is 16.6 Å². The summed E-state index contributed by atoms with van der Waals surface area (Å²) in [6.07, 6.45) is 0. The van der Waals surface area contributed by atoms with Crippen LogP contribution in [-0.4, -0.2) is 26.9 Å². The van der Waals surface area contributed by atoms with Crippen LogP contribution in [0.25, 0.3) is 10.8 Å². The molecule has 23 heavy (non-hydrogen) atoms. The van der Waals surface area contributed by atoms with E-state index in [-0.39, 0.29) is 0 Å². The van der Waals surface area contributed by atoms with Gasteiger partial charge in [-0.25, -0.2) is 8.42 Å². The minimum absolute atomic E-state index is 0.336. The zero-order chi connectivity index (χ0) is 16.4. The minimum atomic E-state index is -3.43. The van der Waals surface area contributed by atoms with Gasteiger partial charge < -0.3 is 4.74 Å². The van der Waals surface area contributed by atoms with E-state index in [4.69, 9.17) is 4.74 Å². The maximum Gasteiger partial charge on any atom is 0.252 e. The Hall–Kier alpha value is -1.89. The van der Waals surface area contributed by atoms with Crippen molar-refractivity contribution >= 4 is 32.1 Å². The predicted molar refractivity (Wildman–Crippen MR) is 93.5 cm³/mol. The second-order valence-corrected chi connectivity index (χ2v) is 8.46. The van der Waals surface area contributed by atoms with E-state index >= 15 is 0 Å². The molecule has 1 aromatic heterocycles. The van der Waals surface area contributed by atoms with Crippen molar-refractivity contribution < 1.29 is 13.2 Å². The maximum atomic E-state index is 12.5. The summed E-state index contributed by atoms with van der Waals surface area (Å²) in [5.74, 6) is 0.808. The molecule has 0 fully saturated rings. The van der Waals surface area contributed by atoms with Crippen LogP contribution in [0, 0.1) is 0 Å². The number of hydrogen-bond acceptors (Lipinski definition) is 4. The summed E-state index contributed by atoms with van der Waals surface area (Å²) in [5, 5.41) is 3.89. The summed E-state index contributed by atoms with van der Waals surface area (Å²) >= 11 is 1.23. The highest BCUT2D eigenvalue weighted by atomic mass is 32.2. The monoisotopic (exact) mass is 347 g/mol. The molecule has 0 N–H and O–H groups in total. The Bertz CT molecular complexity index is 918. The number of fused-ring (bicyclic) bond motifs is 1. The lowest BCUT2D eigenvalue weighted by molar-refractivity contribution is 0.415. The predicted octanol–water partition coefficient (Wildman–Crippen LogP) is 3.73. The van der Waals surface area contributed by atoms with Crippen molar-refractivity contribution in [3.8, 4) is 5.75 Å². The molecule has 2 aromatic carbocycles.